The molecule has 118 valence electrons. The van der Waals surface area contributed by atoms with Gasteiger partial charge in [-0.1, -0.05) is 30.3 Å². The zero-order valence-electron chi connectivity index (χ0n) is 12.3. The molecule has 0 amide bonds. The Kier molecular flexibility index (Phi) is 5.44. The first kappa shape index (κ1) is 16.4. The van der Waals surface area contributed by atoms with Gasteiger partial charge in [0.05, 0.1) is 12.7 Å². The average molecular weight is 309 g/mol. The molecule has 0 unspecified atom stereocenters. The Hall–Kier alpha value is -2.01. The second kappa shape index (κ2) is 7.31. The van der Waals surface area contributed by atoms with Gasteiger partial charge in [0, 0.05) is 6.54 Å². The van der Waals surface area contributed by atoms with Gasteiger partial charge in [-0.2, -0.15) is 13.2 Å². The highest BCUT2D eigenvalue weighted by molar-refractivity contribution is 5.30. The number of nitrogens with one attached hydrogen (secondary N) is 1. The van der Waals surface area contributed by atoms with Crippen LogP contribution in [0.1, 0.15) is 16.7 Å². The number of benzene rings is 2. The highest BCUT2D eigenvalue weighted by atomic mass is 19.4. The van der Waals surface area contributed by atoms with E-state index in [1.54, 1.807) is 13.2 Å². The van der Waals surface area contributed by atoms with Crippen LogP contribution in [0.15, 0.2) is 48.5 Å². The third kappa shape index (κ3) is 4.49. The molecule has 2 rings (SSSR count). The van der Waals surface area contributed by atoms with Crippen molar-refractivity contribution < 1.29 is 17.9 Å². The molecule has 2 nitrogen and oxygen atoms in total. The van der Waals surface area contributed by atoms with Crippen LogP contribution in [0.2, 0.25) is 0 Å². The maximum Gasteiger partial charge on any atom is 0.416 e. The smallest absolute Gasteiger partial charge is 0.416 e. The van der Waals surface area contributed by atoms with Crippen molar-refractivity contribution in [1.82, 2.24) is 5.32 Å². The van der Waals surface area contributed by atoms with Crippen LogP contribution < -0.4 is 10.1 Å². The summed E-state index contributed by atoms with van der Waals surface area (Å²) in [6.45, 7) is 0.791. The number of hydrogen-bond donors (Lipinski definition) is 1. The molecule has 0 aliphatic carbocycles. The summed E-state index contributed by atoms with van der Waals surface area (Å²) in [5.41, 5.74) is 0.764. The molecule has 0 fully saturated rings. The van der Waals surface area contributed by atoms with Crippen molar-refractivity contribution in [2.45, 2.75) is 19.1 Å². The summed E-state index contributed by atoms with van der Waals surface area (Å²) in [6.07, 6.45) is -3.59. The van der Waals surface area contributed by atoms with Crippen molar-refractivity contribution in [2.24, 2.45) is 0 Å². The lowest BCUT2D eigenvalue weighted by Crippen LogP contribution is -2.19. The third-order valence-electron chi connectivity index (χ3n) is 3.36. The van der Waals surface area contributed by atoms with E-state index in [9.17, 15) is 13.2 Å². The lowest BCUT2D eigenvalue weighted by Gasteiger charge is -2.13. The normalized spacial score (nSPS) is 11.5. The Labute approximate surface area is 127 Å². The number of hydrogen-bond acceptors (Lipinski definition) is 2. The molecule has 0 radical (unpaired) electrons. The lowest BCUT2D eigenvalue weighted by atomic mass is 10.1. The van der Waals surface area contributed by atoms with Gasteiger partial charge in [0.15, 0.2) is 0 Å². The molecule has 0 aliphatic rings. The van der Waals surface area contributed by atoms with Gasteiger partial charge < -0.3 is 10.1 Å². The molecule has 0 aliphatic heterocycles. The Balaban J connectivity index is 1.89. The SMILES string of the molecule is COc1cccc(CCNCc2ccccc2C(F)(F)F)c1. The highest BCUT2D eigenvalue weighted by Crippen LogP contribution is 2.31. The Bertz CT molecular complexity index is 611. The molecular weight excluding hydrogens is 291 g/mol. The van der Waals surface area contributed by atoms with E-state index in [0.29, 0.717) is 6.54 Å². The van der Waals surface area contributed by atoms with E-state index in [-0.39, 0.29) is 12.1 Å². The van der Waals surface area contributed by atoms with Crippen molar-refractivity contribution in [3.05, 3.63) is 65.2 Å². The van der Waals surface area contributed by atoms with Crippen molar-refractivity contribution in [1.29, 1.82) is 0 Å². The van der Waals surface area contributed by atoms with Crippen molar-refractivity contribution in [3.63, 3.8) is 0 Å². The molecule has 0 saturated heterocycles. The van der Waals surface area contributed by atoms with Gasteiger partial charge >= 0.3 is 6.18 Å². The summed E-state index contributed by atoms with van der Waals surface area (Å²) < 4.78 is 43.7. The van der Waals surface area contributed by atoms with E-state index in [2.05, 4.69) is 5.32 Å². The molecule has 22 heavy (non-hydrogen) atoms. The second-order valence-electron chi connectivity index (χ2n) is 4.93. The summed E-state index contributed by atoms with van der Waals surface area (Å²) in [5.74, 6) is 0.778. The Morgan fingerprint density at radius 1 is 1.05 bits per heavy atom. The minimum absolute atomic E-state index is 0.194. The monoisotopic (exact) mass is 309 g/mol. The van der Waals surface area contributed by atoms with Crippen LogP contribution in [0.3, 0.4) is 0 Å². The van der Waals surface area contributed by atoms with Crippen LogP contribution in [0.4, 0.5) is 13.2 Å². The average Bonchev–Trinajstić information content (AvgIpc) is 2.51. The molecule has 2 aromatic carbocycles. The van der Waals surface area contributed by atoms with Gasteiger partial charge in [0.2, 0.25) is 0 Å². The second-order valence-corrected chi connectivity index (χ2v) is 4.93. The van der Waals surface area contributed by atoms with Crippen molar-refractivity contribution in [2.75, 3.05) is 13.7 Å². The fourth-order valence-corrected chi connectivity index (χ4v) is 2.23. The zero-order chi connectivity index (χ0) is 16.0. The molecule has 1 N–H and O–H groups in total. The van der Waals surface area contributed by atoms with E-state index in [4.69, 9.17) is 4.74 Å². The number of alkyl halides is 3. The van der Waals surface area contributed by atoms with Crippen LogP contribution in [-0.4, -0.2) is 13.7 Å². The van der Waals surface area contributed by atoms with Crippen molar-refractivity contribution >= 4 is 0 Å². The highest BCUT2D eigenvalue weighted by Gasteiger charge is 2.32. The molecule has 0 bridgehead atoms. The molecule has 2 aromatic rings. The van der Waals surface area contributed by atoms with Gasteiger partial charge in [0.25, 0.3) is 0 Å². The fourth-order valence-electron chi connectivity index (χ4n) is 2.23. The van der Waals surface area contributed by atoms with Crippen LogP contribution in [0, 0.1) is 0 Å². The number of methoxy groups -OCH3 is 1. The van der Waals surface area contributed by atoms with E-state index in [1.807, 2.05) is 24.3 Å². The van der Waals surface area contributed by atoms with Crippen LogP contribution >= 0.6 is 0 Å². The quantitative estimate of drug-likeness (QED) is 0.813. The van der Waals surface area contributed by atoms with Crippen LogP contribution in [-0.2, 0) is 19.1 Å². The largest absolute Gasteiger partial charge is 0.497 e. The Morgan fingerprint density at radius 2 is 1.82 bits per heavy atom. The number of halogens is 3. The topological polar surface area (TPSA) is 21.3 Å². The predicted octanol–water partition coefficient (Wildman–Crippen LogP) is 4.05. The van der Waals surface area contributed by atoms with Gasteiger partial charge in [0.1, 0.15) is 5.75 Å². The summed E-state index contributed by atoms with van der Waals surface area (Å²) in [6, 6.07) is 13.3. The minimum Gasteiger partial charge on any atom is -0.497 e. The van der Waals surface area contributed by atoms with E-state index in [0.717, 1.165) is 23.8 Å². The van der Waals surface area contributed by atoms with Gasteiger partial charge in [-0.3, -0.25) is 0 Å². The molecule has 0 saturated carbocycles. The summed E-state index contributed by atoms with van der Waals surface area (Å²) in [4.78, 5) is 0. The zero-order valence-corrected chi connectivity index (χ0v) is 12.3. The van der Waals surface area contributed by atoms with Crippen LogP contribution in [0.25, 0.3) is 0 Å². The maximum atomic E-state index is 12.9. The third-order valence-corrected chi connectivity index (χ3v) is 3.36. The van der Waals surface area contributed by atoms with Gasteiger partial charge in [-0.25, -0.2) is 0 Å². The van der Waals surface area contributed by atoms with Crippen molar-refractivity contribution in [3.8, 4) is 5.75 Å². The fraction of sp³-hybridized carbons (Fsp3) is 0.294. The molecular formula is C17H18F3NO. The first-order chi connectivity index (χ1) is 10.5. The lowest BCUT2D eigenvalue weighted by molar-refractivity contribution is -0.138. The molecule has 0 heterocycles. The van der Waals surface area contributed by atoms with E-state index in [1.165, 1.54) is 12.1 Å². The Morgan fingerprint density at radius 3 is 2.55 bits per heavy atom. The summed E-state index contributed by atoms with van der Waals surface area (Å²) in [7, 11) is 1.60. The van der Waals surface area contributed by atoms with E-state index < -0.39 is 11.7 Å². The molecule has 5 heteroatoms. The summed E-state index contributed by atoms with van der Waals surface area (Å²) in [5, 5.41) is 3.06. The molecule has 0 spiro atoms. The van der Waals surface area contributed by atoms with E-state index >= 15 is 0 Å². The van der Waals surface area contributed by atoms with Gasteiger partial charge in [-0.05, 0) is 42.3 Å². The number of rotatable bonds is 6. The van der Waals surface area contributed by atoms with Gasteiger partial charge in [-0.15, -0.1) is 0 Å². The first-order valence-corrected chi connectivity index (χ1v) is 6.99. The predicted molar refractivity (Wildman–Crippen MR) is 79.8 cm³/mol. The minimum atomic E-state index is -4.31. The maximum absolute atomic E-state index is 12.9. The number of ether oxygens (including phenoxy) is 1. The molecule has 0 aromatic heterocycles. The first-order valence-electron chi connectivity index (χ1n) is 6.99. The standard InChI is InChI=1S/C17H18F3NO/c1-22-15-7-4-5-13(11-15)9-10-21-12-14-6-2-3-8-16(14)17(18,19)20/h2-8,11,21H,9-10,12H2,1H3. The van der Waals surface area contributed by atoms with Crippen LogP contribution in [0.5, 0.6) is 5.75 Å². The molecule has 0 atom stereocenters. The summed E-state index contributed by atoms with van der Waals surface area (Å²) >= 11 is 0.